The van der Waals surface area contributed by atoms with Crippen molar-refractivity contribution in [3.8, 4) is 0 Å². The van der Waals surface area contributed by atoms with Gasteiger partial charge in [-0.15, -0.1) is 0 Å². The van der Waals surface area contributed by atoms with Gasteiger partial charge in [0.15, 0.2) is 0 Å². The van der Waals surface area contributed by atoms with Crippen LogP contribution in [0.15, 0.2) is 0 Å². The smallest absolute Gasteiger partial charge is 0.239 e. The van der Waals surface area contributed by atoms with Crippen LogP contribution in [0.2, 0.25) is 0 Å². The normalized spacial score (nSPS) is 25.8. The molecule has 2 unspecified atom stereocenters. The zero-order chi connectivity index (χ0) is 13.7. The van der Waals surface area contributed by atoms with Crippen LogP contribution in [0.4, 0.5) is 0 Å². The molecular weight excluding hydrogens is 242 g/mol. The number of rotatable bonds is 5. The molecule has 19 heavy (non-hydrogen) atoms. The summed E-state index contributed by atoms with van der Waals surface area (Å²) in [7, 11) is 0. The second-order valence-electron chi connectivity index (χ2n) is 5.47. The maximum atomic E-state index is 12.5. The molecule has 2 saturated heterocycles. The summed E-state index contributed by atoms with van der Waals surface area (Å²) < 4.78 is 5.68. The third-order valence-corrected chi connectivity index (χ3v) is 4.20. The van der Waals surface area contributed by atoms with E-state index < -0.39 is 0 Å². The van der Waals surface area contributed by atoms with Gasteiger partial charge in [-0.2, -0.15) is 0 Å². The second kappa shape index (κ2) is 7.22. The Hall–Kier alpha value is -0.650. The third kappa shape index (κ3) is 3.91. The Morgan fingerprint density at radius 2 is 2.21 bits per heavy atom. The number of nitrogens with one attached hydrogen (secondary N) is 1. The van der Waals surface area contributed by atoms with E-state index in [0.717, 1.165) is 58.7 Å². The number of piperazine rings is 1. The summed E-state index contributed by atoms with van der Waals surface area (Å²) >= 11 is 0. The summed E-state index contributed by atoms with van der Waals surface area (Å²) in [5.74, 6) is 0.265. The number of carbonyl (C=O) groups excluding carboxylic acids is 1. The average molecular weight is 269 g/mol. The lowest BCUT2D eigenvalue weighted by molar-refractivity contribution is -0.137. The number of hydrogen-bond donors (Lipinski definition) is 1. The molecule has 2 heterocycles. The Morgan fingerprint density at radius 3 is 2.79 bits per heavy atom. The molecule has 2 fully saturated rings. The first-order valence-corrected chi connectivity index (χ1v) is 7.57. The lowest BCUT2D eigenvalue weighted by atomic mass is 10.1. The highest BCUT2D eigenvalue weighted by Gasteiger charge is 2.28. The largest absolute Gasteiger partial charge is 0.377 e. The molecule has 0 aromatic rings. The number of hydrogen-bond acceptors (Lipinski definition) is 4. The van der Waals surface area contributed by atoms with Crippen LogP contribution in [0, 0.1) is 0 Å². The zero-order valence-electron chi connectivity index (χ0n) is 12.2. The molecule has 0 aromatic carbocycles. The first-order valence-electron chi connectivity index (χ1n) is 7.57. The number of carbonyl (C=O) groups is 1. The van der Waals surface area contributed by atoms with Gasteiger partial charge in [0, 0.05) is 39.3 Å². The quantitative estimate of drug-likeness (QED) is 0.780. The first kappa shape index (κ1) is 14.8. The summed E-state index contributed by atoms with van der Waals surface area (Å²) in [6.45, 7) is 10.3. The molecule has 0 radical (unpaired) electrons. The van der Waals surface area contributed by atoms with Gasteiger partial charge in [0.1, 0.15) is 0 Å². The van der Waals surface area contributed by atoms with E-state index in [9.17, 15) is 4.79 Å². The van der Waals surface area contributed by atoms with Crippen molar-refractivity contribution in [3.05, 3.63) is 0 Å². The minimum atomic E-state index is -0.0349. The van der Waals surface area contributed by atoms with Gasteiger partial charge >= 0.3 is 0 Å². The van der Waals surface area contributed by atoms with Crippen LogP contribution in [0.1, 0.15) is 26.7 Å². The Balaban J connectivity index is 1.86. The molecular formula is C14H27N3O2. The van der Waals surface area contributed by atoms with Gasteiger partial charge in [-0.25, -0.2) is 0 Å². The highest BCUT2D eigenvalue weighted by Crippen LogP contribution is 2.15. The fourth-order valence-corrected chi connectivity index (χ4v) is 2.92. The molecule has 2 aliphatic heterocycles. The molecule has 0 saturated carbocycles. The number of amides is 1. The van der Waals surface area contributed by atoms with E-state index in [1.807, 2.05) is 11.8 Å². The SMILES string of the molecule is CCN(CC1CCCO1)C(C)C(=O)N1CCNCC1. The van der Waals surface area contributed by atoms with Crippen molar-refractivity contribution in [1.82, 2.24) is 15.1 Å². The highest BCUT2D eigenvalue weighted by atomic mass is 16.5. The van der Waals surface area contributed by atoms with E-state index in [2.05, 4.69) is 17.1 Å². The van der Waals surface area contributed by atoms with Crippen LogP contribution in [-0.4, -0.2) is 73.7 Å². The first-order chi connectivity index (χ1) is 9.22. The summed E-state index contributed by atoms with van der Waals surface area (Å²) in [6.07, 6.45) is 2.60. The van der Waals surface area contributed by atoms with Crippen LogP contribution >= 0.6 is 0 Å². The van der Waals surface area contributed by atoms with E-state index in [0.29, 0.717) is 6.10 Å². The minimum absolute atomic E-state index is 0.0349. The lowest BCUT2D eigenvalue weighted by Crippen LogP contribution is -2.54. The van der Waals surface area contributed by atoms with E-state index in [1.165, 1.54) is 0 Å². The minimum Gasteiger partial charge on any atom is -0.377 e. The Bertz CT molecular complexity index is 286. The van der Waals surface area contributed by atoms with Gasteiger partial charge in [-0.1, -0.05) is 6.92 Å². The van der Waals surface area contributed by atoms with E-state index >= 15 is 0 Å². The van der Waals surface area contributed by atoms with Crippen LogP contribution in [-0.2, 0) is 9.53 Å². The molecule has 0 bridgehead atoms. The van der Waals surface area contributed by atoms with E-state index in [4.69, 9.17) is 4.74 Å². The molecule has 5 nitrogen and oxygen atoms in total. The zero-order valence-corrected chi connectivity index (χ0v) is 12.2. The third-order valence-electron chi connectivity index (χ3n) is 4.20. The van der Waals surface area contributed by atoms with Gasteiger partial charge in [-0.3, -0.25) is 9.69 Å². The van der Waals surface area contributed by atoms with Gasteiger partial charge in [0.05, 0.1) is 12.1 Å². The molecule has 0 aliphatic carbocycles. The van der Waals surface area contributed by atoms with Crippen molar-refractivity contribution in [1.29, 1.82) is 0 Å². The summed E-state index contributed by atoms with van der Waals surface area (Å²) in [6, 6.07) is -0.0349. The Kier molecular flexibility index (Phi) is 5.60. The number of nitrogens with zero attached hydrogens (tertiary/aromatic N) is 2. The molecule has 1 N–H and O–H groups in total. The monoisotopic (exact) mass is 269 g/mol. The predicted octanol–water partition coefficient (Wildman–Crippen LogP) is 0.308. The topological polar surface area (TPSA) is 44.8 Å². The van der Waals surface area contributed by atoms with Gasteiger partial charge in [0.25, 0.3) is 0 Å². The maximum absolute atomic E-state index is 12.5. The molecule has 2 aliphatic rings. The average Bonchev–Trinajstić information content (AvgIpc) is 2.97. The number of ether oxygens (including phenoxy) is 1. The van der Waals surface area contributed by atoms with Crippen LogP contribution in [0.25, 0.3) is 0 Å². The van der Waals surface area contributed by atoms with Crippen LogP contribution in [0.5, 0.6) is 0 Å². The lowest BCUT2D eigenvalue weighted by Gasteiger charge is -2.35. The molecule has 2 atom stereocenters. The van der Waals surface area contributed by atoms with Crippen molar-refractivity contribution in [2.24, 2.45) is 0 Å². The second-order valence-corrected chi connectivity index (χ2v) is 5.47. The van der Waals surface area contributed by atoms with E-state index in [-0.39, 0.29) is 11.9 Å². The predicted molar refractivity (Wildman–Crippen MR) is 75.1 cm³/mol. The Labute approximate surface area is 116 Å². The van der Waals surface area contributed by atoms with Crippen LogP contribution in [0.3, 0.4) is 0 Å². The van der Waals surface area contributed by atoms with Crippen molar-refractivity contribution >= 4 is 5.91 Å². The fraction of sp³-hybridized carbons (Fsp3) is 0.929. The molecule has 5 heteroatoms. The Morgan fingerprint density at radius 1 is 1.47 bits per heavy atom. The standard InChI is InChI=1S/C14H27N3O2/c1-3-16(11-13-5-4-10-19-13)12(2)14(18)17-8-6-15-7-9-17/h12-13,15H,3-11H2,1-2H3. The summed E-state index contributed by atoms with van der Waals surface area (Å²) in [5, 5.41) is 3.28. The van der Waals surface area contributed by atoms with Crippen molar-refractivity contribution < 1.29 is 9.53 Å². The van der Waals surface area contributed by atoms with Crippen molar-refractivity contribution in [2.45, 2.75) is 38.8 Å². The number of likely N-dealkylation sites (N-methyl/N-ethyl adjacent to an activating group) is 1. The van der Waals surface area contributed by atoms with Gasteiger partial charge < -0.3 is 15.0 Å². The van der Waals surface area contributed by atoms with Crippen molar-refractivity contribution in [3.63, 3.8) is 0 Å². The molecule has 2 rings (SSSR count). The van der Waals surface area contributed by atoms with Gasteiger partial charge in [0.2, 0.25) is 5.91 Å². The molecule has 0 aromatic heterocycles. The van der Waals surface area contributed by atoms with Crippen LogP contribution < -0.4 is 5.32 Å². The maximum Gasteiger partial charge on any atom is 0.239 e. The van der Waals surface area contributed by atoms with E-state index in [1.54, 1.807) is 0 Å². The van der Waals surface area contributed by atoms with Crippen molar-refractivity contribution in [2.75, 3.05) is 45.9 Å². The molecule has 110 valence electrons. The summed E-state index contributed by atoms with van der Waals surface area (Å²) in [4.78, 5) is 16.7. The molecule has 1 amide bonds. The highest BCUT2D eigenvalue weighted by molar-refractivity contribution is 5.81. The fourth-order valence-electron chi connectivity index (χ4n) is 2.92. The van der Waals surface area contributed by atoms with Gasteiger partial charge in [-0.05, 0) is 26.3 Å². The summed E-state index contributed by atoms with van der Waals surface area (Å²) in [5.41, 5.74) is 0. The molecule has 0 spiro atoms.